The van der Waals surface area contributed by atoms with Crippen LogP contribution in [0.4, 0.5) is 17.1 Å². The lowest BCUT2D eigenvalue weighted by atomic mass is 9.73. The topological polar surface area (TPSA) is 92.8 Å². The number of hydrogen-bond acceptors (Lipinski definition) is 7. The quantitative estimate of drug-likeness (QED) is 0.277. The van der Waals surface area contributed by atoms with E-state index in [4.69, 9.17) is 9.47 Å². The number of amides is 1. The first-order valence-electron chi connectivity index (χ1n) is 14.0. The van der Waals surface area contributed by atoms with E-state index in [9.17, 15) is 9.59 Å². The second-order valence-corrected chi connectivity index (χ2v) is 11.6. The molecule has 2 aliphatic rings. The Kier molecular flexibility index (Phi) is 7.06. The first-order chi connectivity index (χ1) is 20.3. The number of carbonyl (C=O) groups is 2. The Morgan fingerprint density at radius 1 is 1.02 bits per heavy atom. The van der Waals surface area contributed by atoms with Crippen molar-refractivity contribution >= 4 is 39.7 Å². The van der Waals surface area contributed by atoms with E-state index < -0.39 is 6.04 Å². The van der Waals surface area contributed by atoms with Gasteiger partial charge in [0.05, 0.1) is 55.6 Å². The van der Waals surface area contributed by atoms with Gasteiger partial charge in [0.1, 0.15) is 0 Å². The zero-order chi connectivity index (χ0) is 29.4. The molecule has 2 heterocycles. The van der Waals surface area contributed by atoms with Crippen molar-refractivity contribution in [1.29, 1.82) is 0 Å². The molecule has 214 valence electrons. The normalized spacial score (nSPS) is 17.6. The van der Waals surface area contributed by atoms with Crippen LogP contribution in [0.15, 0.2) is 90.3 Å². The summed E-state index contributed by atoms with van der Waals surface area (Å²) in [6, 6.07) is 22.6. The molecule has 1 atom stereocenters. The van der Waals surface area contributed by atoms with Gasteiger partial charge < -0.3 is 25.0 Å². The van der Waals surface area contributed by atoms with Gasteiger partial charge in [0.2, 0.25) is 5.91 Å². The van der Waals surface area contributed by atoms with Crippen molar-refractivity contribution in [2.75, 3.05) is 36.3 Å². The fraction of sp³-hybridized carbons (Fsp3) is 0.265. The van der Waals surface area contributed by atoms with Crippen LogP contribution in [-0.4, -0.2) is 37.4 Å². The smallest absolute Gasteiger partial charge is 0.243 e. The Hall–Kier alpha value is -4.85. The number of hydrogen-bond donors (Lipinski definition) is 2. The maximum absolute atomic E-state index is 14.0. The number of anilines is 3. The van der Waals surface area contributed by atoms with Gasteiger partial charge in [-0.3, -0.25) is 14.6 Å². The number of methoxy groups -OCH3 is 2. The maximum Gasteiger partial charge on any atom is 0.243 e. The number of benzene rings is 3. The van der Waals surface area contributed by atoms with Crippen LogP contribution in [0.5, 0.6) is 11.5 Å². The average molecular weight is 563 g/mol. The summed E-state index contributed by atoms with van der Waals surface area (Å²) in [6.07, 6.45) is 2.75. The number of pyridine rings is 1. The van der Waals surface area contributed by atoms with Gasteiger partial charge in [-0.15, -0.1) is 0 Å². The molecule has 1 aromatic heterocycles. The zero-order valence-corrected chi connectivity index (χ0v) is 24.2. The third-order valence-corrected chi connectivity index (χ3v) is 7.92. The van der Waals surface area contributed by atoms with E-state index in [-0.39, 0.29) is 23.7 Å². The predicted octanol–water partition coefficient (Wildman–Crippen LogP) is 6.51. The van der Waals surface area contributed by atoms with Crippen molar-refractivity contribution in [3.63, 3.8) is 0 Å². The fourth-order valence-electron chi connectivity index (χ4n) is 6.17. The van der Waals surface area contributed by atoms with Crippen LogP contribution in [0.1, 0.15) is 38.3 Å². The third kappa shape index (κ3) is 5.04. The van der Waals surface area contributed by atoms with Crippen LogP contribution in [0.2, 0.25) is 0 Å². The molecule has 0 saturated carbocycles. The fourth-order valence-corrected chi connectivity index (χ4v) is 6.17. The molecule has 1 unspecified atom stereocenters. The summed E-state index contributed by atoms with van der Waals surface area (Å²) in [6.45, 7) is 4.19. The monoisotopic (exact) mass is 562 g/mol. The molecule has 6 rings (SSSR count). The highest BCUT2D eigenvalue weighted by Gasteiger charge is 2.43. The second-order valence-electron chi connectivity index (χ2n) is 11.6. The molecule has 4 aromatic rings. The average Bonchev–Trinajstić information content (AvgIpc) is 3.10. The van der Waals surface area contributed by atoms with E-state index in [1.54, 1.807) is 20.4 Å². The second kappa shape index (κ2) is 10.9. The molecule has 0 fully saturated rings. The number of ether oxygens (including phenoxy) is 2. The Morgan fingerprint density at radius 3 is 2.62 bits per heavy atom. The molecular weight excluding hydrogens is 528 g/mol. The van der Waals surface area contributed by atoms with E-state index in [1.165, 1.54) is 0 Å². The van der Waals surface area contributed by atoms with Gasteiger partial charge in [-0.1, -0.05) is 56.3 Å². The molecule has 1 amide bonds. The minimum Gasteiger partial charge on any atom is -0.493 e. The molecule has 3 aromatic carbocycles. The van der Waals surface area contributed by atoms with Crippen LogP contribution in [0.3, 0.4) is 0 Å². The van der Waals surface area contributed by atoms with Gasteiger partial charge in [-0.25, -0.2) is 0 Å². The number of nitrogens with zero attached hydrogens (tertiary/aromatic N) is 2. The van der Waals surface area contributed by atoms with Gasteiger partial charge in [0.15, 0.2) is 17.3 Å². The number of Topliss-reactive ketones (excluding diaryl/α,β-unsaturated/α-hetero) is 1. The molecule has 0 spiro atoms. The molecule has 8 heteroatoms. The number of fused-ring (bicyclic) bond motifs is 2. The van der Waals surface area contributed by atoms with Gasteiger partial charge >= 0.3 is 0 Å². The highest BCUT2D eigenvalue weighted by atomic mass is 16.5. The lowest BCUT2D eigenvalue weighted by Crippen LogP contribution is -2.40. The van der Waals surface area contributed by atoms with Crippen molar-refractivity contribution < 1.29 is 19.1 Å². The number of nitrogens with one attached hydrogen (secondary N) is 2. The summed E-state index contributed by atoms with van der Waals surface area (Å²) in [4.78, 5) is 34.3. The van der Waals surface area contributed by atoms with Crippen molar-refractivity contribution in [1.82, 2.24) is 4.98 Å². The van der Waals surface area contributed by atoms with Crippen LogP contribution >= 0.6 is 0 Å². The summed E-state index contributed by atoms with van der Waals surface area (Å²) in [5.41, 5.74) is 5.13. The molecule has 0 saturated heterocycles. The van der Waals surface area contributed by atoms with E-state index in [2.05, 4.69) is 29.5 Å². The highest BCUT2D eigenvalue weighted by Crippen LogP contribution is 2.50. The molecule has 8 nitrogen and oxygen atoms in total. The summed E-state index contributed by atoms with van der Waals surface area (Å²) >= 11 is 0. The molecular formula is C34H34N4O4. The third-order valence-electron chi connectivity index (χ3n) is 7.92. The SMILES string of the molecule is COc1cccc(C2C3=C(CC(C)(C)CC3=O)Nc3ccccc3N2CC(=O)Nc2cnc3ccccc3c2)c1OC. The maximum atomic E-state index is 14.0. The van der Waals surface area contributed by atoms with Crippen LogP contribution in [0, 0.1) is 5.41 Å². The standard InChI is InChI=1S/C34H34N4O4/c1-34(2)17-26-31(28(39)18-34)32(23-11-9-15-29(41-3)33(23)42-4)38(27-14-8-7-13-25(27)37-26)20-30(40)36-22-16-21-10-5-6-12-24(21)35-19-22/h5-16,19,32,37H,17-18,20H2,1-4H3,(H,36,40). The van der Waals surface area contributed by atoms with E-state index in [0.717, 1.165) is 33.5 Å². The Labute approximate surface area is 245 Å². The van der Waals surface area contributed by atoms with Crippen molar-refractivity contribution in [3.8, 4) is 11.5 Å². The number of rotatable bonds is 6. The Bertz CT molecular complexity index is 1730. The first kappa shape index (κ1) is 27.3. The van der Waals surface area contributed by atoms with Crippen molar-refractivity contribution in [2.45, 2.75) is 32.7 Å². The molecule has 0 bridgehead atoms. The summed E-state index contributed by atoms with van der Waals surface area (Å²) in [5.74, 6) is 0.887. The lowest BCUT2D eigenvalue weighted by Gasteiger charge is -2.38. The van der Waals surface area contributed by atoms with Gasteiger partial charge in [0.25, 0.3) is 0 Å². The van der Waals surface area contributed by atoms with Crippen LogP contribution in [-0.2, 0) is 9.59 Å². The minimum atomic E-state index is -0.606. The summed E-state index contributed by atoms with van der Waals surface area (Å²) in [7, 11) is 3.18. The zero-order valence-electron chi connectivity index (χ0n) is 24.2. The Morgan fingerprint density at radius 2 is 1.81 bits per heavy atom. The number of ketones is 1. The molecule has 1 aliphatic carbocycles. The molecule has 2 N–H and O–H groups in total. The molecule has 1 aliphatic heterocycles. The van der Waals surface area contributed by atoms with Crippen LogP contribution < -0.4 is 25.0 Å². The number of carbonyl (C=O) groups excluding carboxylic acids is 2. The Balaban J connectivity index is 1.49. The van der Waals surface area contributed by atoms with Gasteiger partial charge in [-0.2, -0.15) is 0 Å². The minimum absolute atomic E-state index is 0.0238. The number of aromatic nitrogens is 1. The van der Waals surface area contributed by atoms with E-state index >= 15 is 0 Å². The van der Waals surface area contributed by atoms with E-state index in [1.807, 2.05) is 77.7 Å². The predicted molar refractivity (Wildman–Crippen MR) is 165 cm³/mol. The van der Waals surface area contributed by atoms with E-state index in [0.29, 0.717) is 35.6 Å². The lowest BCUT2D eigenvalue weighted by molar-refractivity contribution is -0.119. The molecule has 0 radical (unpaired) electrons. The first-order valence-corrected chi connectivity index (χ1v) is 14.0. The summed E-state index contributed by atoms with van der Waals surface area (Å²) in [5, 5.41) is 7.56. The summed E-state index contributed by atoms with van der Waals surface area (Å²) < 4.78 is 11.5. The van der Waals surface area contributed by atoms with Crippen molar-refractivity contribution in [3.05, 3.63) is 95.8 Å². The highest BCUT2D eigenvalue weighted by molar-refractivity contribution is 6.03. The van der Waals surface area contributed by atoms with Gasteiger partial charge in [0, 0.05) is 28.6 Å². The number of allylic oxidation sites excluding steroid dienone is 1. The van der Waals surface area contributed by atoms with Crippen LogP contribution in [0.25, 0.3) is 10.9 Å². The number of para-hydroxylation sites is 4. The van der Waals surface area contributed by atoms with Gasteiger partial charge in [-0.05, 0) is 42.2 Å². The van der Waals surface area contributed by atoms with Crippen molar-refractivity contribution in [2.24, 2.45) is 5.41 Å². The molecule has 42 heavy (non-hydrogen) atoms. The largest absolute Gasteiger partial charge is 0.493 e.